The first-order valence-corrected chi connectivity index (χ1v) is 3.90. The van der Waals surface area contributed by atoms with E-state index >= 15 is 0 Å². The number of hydrazine groups is 1. The lowest BCUT2D eigenvalue weighted by atomic mass is 10.1. The van der Waals surface area contributed by atoms with Gasteiger partial charge in [-0.1, -0.05) is 11.6 Å². The summed E-state index contributed by atoms with van der Waals surface area (Å²) in [5.74, 6) is 4.67. The third kappa shape index (κ3) is 1.78. The number of hydrogen-bond donors (Lipinski definition) is 3. The Bertz CT molecular complexity index is 312. The molecule has 3 N–H and O–H groups in total. The van der Waals surface area contributed by atoms with Crippen LogP contribution in [-0.2, 0) is 0 Å². The Morgan fingerprint density at radius 2 is 2.25 bits per heavy atom. The van der Waals surface area contributed by atoms with Gasteiger partial charge in [0.1, 0.15) is 0 Å². The van der Waals surface area contributed by atoms with Crippen molar-refractivity contribution in [3.8, 4) is 0 Å². The van der Waals surface area contributed by atoms with Crippen molar-refractivity contribution in [2.45, 2.75) is 11.8 Å². The number of nitrogens with one attached hydrogen (secondary N) is 1. The van der Waals surface area contributed by atoms with Crippen molar-refractivity contribution in [3.05, 3.63) is 29.3 Å². The summed E-state index contributed by atoms with van der Waals surface area (Å²) in [6, 6.07) is 5.39. The molecule has 12 heavy (non-hydrogen) atoms. The number of rotatable bonds is 1. The lowest BCUT2D eigenvalue weighted by Crippen LogP contribution is -2.30. The molecule has 64 valence electrons. The summed E-state index contributed by atoms with van der Waals surface area (Å²) < 4.78 is 0. The van der Waals surface area contributed by atoms with E-state index in [0.717, 1.165) is 5.56 Å². The second-order valence-corrected chi connectivity index (χ2v) is 2.98. The van der Waals surface area contributed by atoms with Crippen LogP contribution in [0, 0.1) is 6.92 Å². The number of amides is 1. The summed E-state index contributed by atoms with van der Waals surface area (Å²) in [5.41, 5.74) is 3.57. The standard InChI is InChI=1S/C8H10N2OS/c1-5-2-3-7(12)6(4-5)8(11)10-9/h2-4,12H,9H2,1H3,(H,10,11). The largest absolute Gasteiger partial charge is 0.290 e. The molecule has 1 aromatic carbocycles. The van der Waals surface area contributed by atoms with Gasteiger partial charge in [0.05, 0.1) is 5.56 Å². The summed E-state index contributed by atoms with van der Waals surface area (Å²) in [6.45, 7) is 1.90. The maximum atomic E-state index is 11.1. The minimum Gasteiger partial charge on any atom is -0.290 e. The Balaban J connectivity index is 3.13. The van der Waals surface area contributed by atoms with Crippen LogP contribution in [0.1, 0.15) is 15.9 Å². The first-order chi connectivity index (χ1) is 5.65. The molecule has 0 radical (unpaired) electrons. The maximum absolute atomic E-state index is 11.1. The summed E-state index contributed by atoms with van der Waals surface area (Å²) in [7, 11) is 0. The lowest BCUT2D eigenvalue weighted by Gasteiger charge is -2.03. The molecule has 1 rings (SSSR count). The molecule has 0 aliphatic carbocycles. The molecule has 0 unspecified atom stereocenters. The summed E-state index contributed by atoms with van der Waals surface area (Å²) in [4.78, 5) is 11.7. The molecular weight excluding hydrogens is 172 g/mol. The molecule has 0 heterocycles. The van der Waals surface area contributed by atoms with Crippen LogP contribution in [0.5, 0.6) is 0 Å². The number of hydrogen-bond acceptors (Lipinski definition) is 3. The van der Waals surface area contributed by atoms with E-state index in [1.54, 1.807) is 12.1 Å². The third-order valence-corrected chi connectivity index (χ3v) is 1.92. The predicted octanol–water partition coefficient (Wildman–Crippen LogP) is 0.887. The minimum atomic E-state index is -0.316. The molecule has 0 bridgehead atoms. The van der Waals surface area contributed by atoms with E-state index in [-0.39, 0.29) is 5.91 Å². The minimum absolute atomic E-state index is 0.316. The van der Waals surface area contributed by atoms with Crippen molar-refractivity contribution in [2.24, 2.45) is 5.84 Å². The highest BCUT2D eigenvalue weighted by atomic mass is 32.1. The van der Waals surface area contributed by atoms with Crippen molar-refractivity contribution in [1.29, 1.82) is 0 Å². The van der Waals surface area contributed by atoms with E-state index in [0.29, 0.717) is 10.5 Å². The van der Waals surface area contributed by atoms with E-state index in [9.17, 15) is 4.79 Å². The zero-order chi connectivity index (χ0) is 9.14. The van der Waals surface area contributed by atoms with Crippen LogP contribution < -0.4 is 11.3 Å². The highest BCUT2D eigenvalue weighted by Crippen LogP contribution is 2.14. The molecular formula is C8H10N2OS. The van der Waals surface area contributed by atoms with Crippen molar-refractivity contribution < 1.29 is 4.79 Å². The highest BCUT2D eigenvalue weighted by molar-refractivity contribution is 7.80. The second-order valence-electron chi connectivity index (χ2n) is 2.49. The van der Waals surface area contributed by atoms with Crippen LogP contribution >= 0.6 is 12.6 Å². The molecule has 0 fully saturated rings. The molecule has 0 aromatic heterocycles. The van der Waals surface area contributed by atoms with E-state index in [1.165, 1.54) is 0 Å². The monoisotopic (exact) mass is 182 g/mol. The molecule has 0 aliphatic rings. The number of thiol groups is 1. The van der Waals surface area contributed by atoms with E-state index in [2.05, 4.69) is 18.1 Å². The highest BCUT2D eigenvalue weighted by Gasteiger charge is 2.06. The van der Waals surface area contributed by atoms with Crippen molar-refractivity contribution in [2.75, 3.05) is 0 Å². The smallest absolute Gasteiger partial charge is 0.266 e. The van der Waals surface area contributed by atoms with Crippen molar-refractivity contribution >= 4 is 18.5 Å². The summed E-state index contributed by atoms with van der Waals surface area (Å²) >= 11 is 4.12. The van der Waals surface area contributed by atoms with Crippen molar-refractivity contribution in [3.63, 3.8) is 0 Å². The average Bonchev–Trinajstić information content (AvgIpc) is 2.08. The molecule has 0 saturated carbocycles. The Morgan fingerprint density at radius 3 is 2.83 bits per heavy atom. The van der Waals surface area contributed by atoms with Crippen LogP contribution in [0.15, 0.2) is 23.1 Å². The van der Waals surface area contributed by atoms with Gasteiger partial charge in [-0.3, -0.25) is 10.2 Å². The van der Waals surface area contributed by atoms with Crippen LogP contribution in [0.2, 0.25) is 0 Å². The summed E-state index contributed by atoms with van der Waals surface area (Å²) in [6.07, 6.45) is 0. The number of carbonyl (C=O) groups is 1. The molecule has 0 atom stereocenters. The molecule has 1 aromatic rings. The molecule has 3 nitrogen and oxygen atoms in total. The molecule has 0 saturated heterocycles. The number of nitrogen functional groups attached to an aromatic ring is 1. The van der Waals surface area contributed by atoms with Crippen LogP contribution in [0.4, 0.5) is 0 Å². The molecule has 0 aliphatic heterocycles. The van der Waals surface area contributed by atoms with Gasteiger partial charge in [-0.15, -0.1) is 12.6 Å². The van der Waals surface area contributed by atoms with Gasteiger partial charge < -0.3 is 0 Å². The zero-order valence-electron chi connectivity index (χ0n) is 6.66. The second kappa shape index (κ2) is 3.60. The topological polar surface area (TPSA) is 55.1 Å². The van der Waals surface area contributed by atoms with Gasteiger partial charge in [-0.2, -0.15) is 0 Å². The average molecular weight is 182 g/mol. The molecule has 0 spiro atoms. The fourth-order valence-electron chi connectivity index (χ4n) is 0.910. The van der Waals surface area contributed by atoms with Gasteiger partial charge in [0.25, 0.3) is 5.91 Å². The van der Waals surface area contributed by atoms with Gasteiger partial charge in [-0.25, -0.2) is 5.84 Å². The lowest BCUT2D eigenvalue weighted by molar-refractivity contribution is 0.0950. The normalized spacial score (nSPS) is 9.58. The van der Waals surface area contributed by atoms with Gasteiger partial charge in [0.2, 0.25) is 0 Å². The summed E-state index contributed by atoms with van der Waals surface area (Å²) in [5, 5.41) is 0. The Labute approximate surface area is 76.3 Å². The van der Waals surface area contributed by atoms with E-state index < -0.39 is 0 Å². The Kier molecular flexibility index (Phi) is 2.73. The fourth-order valence-corrected chi connectivity index (χ4v) is 1.15. The molecule has 1 amide bonds. The third-order valence-electron chi connectivity index (χ3n) is 1.53. The molecule has 4 heteroatoms. The number of carbonyl (C=O) groups excluding carboxylic acids is 1. The Morgan fingerprint density at radius 1 is 1.58 bits per heavy atom. The Hall–Kier alpha value is -1.00. The number of benzene rings is 1. The number of nitrogens with two attached hydrogens (primary N) is 1. The van der Waals surface area contributed by atoms with E-state index in [4.69, 9.17) is 5.84 Å². The van der Waals surface area contributed by atoms with Gasteiger partial charge in [0, 0.05) is 4.90 Å². The van der Waals surface area contributed by atoms with Gasteiger partial charge in [0.15, 0.2) is 0 Å². The van der Waals surface area contributed by atoms with E-state index in [1.807, 2.05) is 13.0 Å². The first kappa shape index (κ1) is 9.09. The quantitative estimate of drug-likeness (QED) is 0.261. The van der Waals surface area contributed by atoms with Gasteiger partial charge in [-0.05, 0) is 19.1 Å². The zero-order valence-corrected chi connectivity index (χ0v) is 7.56. The maximum Gasteiger partial charge on any atom is 0.266 e. The van der Waals surface area contributed by atoms with Crippen LogP contribution in [-0.4, -0.2) is 5.91 Å². The SMILES string of the molecule is Cc1ccc(S)c(C(=O)NN)c1. The first-order valence-electron chi connectivity index (χ1n) is 3.45. The van der Waals surface area contributed by atoms with Crippen molar-refractivity contribution in [1.82, 2.24) is 5.43 Å². The number of aryl methyl sites for hydroxylation is 1. The van der Waals surface area contributed by atoms with Crippen LogP contribution in [0.3, 0.4) is 0 Å². The predicted molar refractivity (Wildman–Crippen MR) is 50.1 cm³/mol. The fraction of sp³-hybridized carbons (Fsp3) is 0.125. The van der Waals surface area contributed by atoms with Gasteiger partial charge >= 0.3 is 0 Å². The van der Waals surface area contributed by atoms with Crippen LogP contribution in [0.25, 0.3) is 0 Å².